The minimum atomic E-state index is 0. The average molecular weight is 147 g/mol. The van der Waals surface area contributed by atoms with Gasteiger partial charge < -0.3 is 17.6 Å². The van der Waals surface area contributed by atoms with E-state index in [4.69, 9.17) is 12.6 Å². The summed E-state index contributed by atoms with van der Waals surface area (Å²) in [4.78, 5) is 3.98. The van der Waals surface area contributed by atoms with Gasteiger partial charge in [0.2, 0.25) is 0 Å². The van der Waals surface area contributed by atoms with E-state index in [1.807, 2.05) is 24.3 Å². The molecule has 0 aromatic heterocycles. The number of aliphatic imine (C=N–C) groups is 1. The molecule has 42 valence electrons. The fourth-order valence-electron chi connectivity index (χ4n) is 0.473. The fourth-order valence-corrected chi connectivity index (χ4v) is 0.626. The number of nitrogens with zero attached hydrogens (tertiary/aromatic N) is 1. The number of hydrogen-bond donors (Lipinski definition) is 0. The van der Waals surface area contributed by atoms with Crippen molar-refractivity contribution >= 4 is 17.7 Å². The Labute approximate surface area is 82.6 Å². The largest absolute Gasteiger partial charge is 1.00 e. The number of allylic oxidation sites excluding steroid dienone is 2. The second kappa shape index (κ2) is 5.18. The third-order valence-corrected chi connectivity index (χ3v) is 1.10. The minimum absolute atomic E-state index is 0. The van der Waals surface area contributed by atoms with Crippen molar-refractivity contribution < 1.29 is 29.6 Å². The Morgan fingerprint density at radius 1 is 1.44 bits per heavy atom. The molecule has 1 nitrogen and oxygen atoms in total. The second-order valence-corrected chi connectivity index (χ2v) is 1.88. The van der Waals surface area contributed by atoms with Gasteiger partial charge in [-0.3, -0.25) is 0 Å². The normalized spacial score (nSPS) is 15.8. The van der Waals surface area contributed by atoms with E-state index in [1.54, 1.807) is 0 Å². The van der Waals surface area contributed by atoms with Gasteiger partial charge in [-0.25, -0.2) is 0 Å². The molecule has 1 heterocycles. The van der Waals surface area contributed by atoms with Gasteiger partial charge in [0, 0.05) is 0 Å². The molecule has 0 aromatic rings. The van der Waals surface area contributed by atoms with Crippen LogP contribution in [0.15, 0.2) is 29.3 Å². The van der Waals surface area contributed by atoms with E-state index in [1.165, 1.54) is 0 Å². The van der Waals surface area contributed by atoms with Crippen LogP contribution in [-0.2, 0) is 12.6 Å². The molecule has 0 aliphatic carbocycles. The summed E-state index contributed by atoms with van der Waals surface area (Å²) in [5.74, 6) is 0. The Kier molecular flexibility index (Phi) is 5.39. The summed E-state index contributed by atoms with van der Waals surface area (Å²) in [6.45, 7) is 0.728. The molecular weight excluding hydrogens is 141 g/mol. The summed E-state index contributed by atoms with van der Waals surface area (Å²) in [6.07, 6.45) is 7.64. The molecule has 0 atom stereocenters. The molecule has 0 saturated heterocycles. The number of rotatable bonds is 0. The first kappa shape index (κ1) is 9.37. The van der Waals surface area contributed by atoms with Gasteiger partial charge in [-0.05, 0) is 0 Å². The van der Waals surface area contributed by atoms with E-state index in [0.717, 1.165) is 6.54 Å². The Bertz CT molecular complexity index is 158. The van der Waals surface area contributed by atoms with Crippen LogP contribution in [0.1, 0.15) is 0 Å². The van der Waals surface area contributed by atoms with Gasteiger partial charge >= 0.3 is 29.6 Å². The van der Waals surface area contributed by atoms with Crippen molar-refractivity contribution in [3.8, 4) is 0 Å². The predicted molar refractivity (Wildman–Crippen MR) is 37.9 cm³/mol. The van der Waals surface area contributed by atoms with Crippen LogP contribution in [0.4, 0.5) is 0 Å². The molecule has 0 bridgehead atoms. The average Bonchev–Trinajstić information content (AvgIpc) is 1.94. The van der Waals surface area contributed by atoms with E-state index >= 15 is 0 Å². The predicted octanol–water partition coefficient (Wildman–Crippen LogP) is -1.94. The van der Waals surface area contributed by atoms with E-state index in [0.29, 0.717) is 5.04 Å². The van der Waals surface area contributed by atoms with Gasteiger partial charge in [-0.2, -0.15) is 0 Å². The van der Waals surface area contributed by atoms with Crippen molar-refractivity contribution in [3.05, 3.63) is 24.3 Å². The first-order valence-corrected chi connectivity index (χ1v) is 2.85. The van der Waals surface area contributed by atoms with Crippen molar-refractivity contribution in [2.45, 2.75) is 0 Å². The van der Waals surface area contributed by atoms with Crippen LogP contribution in [0.25, 0.3) is 0 Å². The van der Waals surface area contributed by atoms with Crippen LogP contribution >= 0.6 is 0 Å². The van der Waals surface area contributed by atoms with Gasteiger partial charge in [-0.15, -0.1) is 0 Å². The molecule has 0 unspecified atom stereocenters. The maximum Gasteiger partial charge on any atom is 1.00 e. The van der Waals surface area contributed by atoms with Crippen LogP contribution < -0.4 is 29.6 Å². The molecule has 0 amide bonds. The quantitative estimate of drug-likeness (QED) is 0.287. The zero-order valence-electron chi connectivity index (χ0n) is 5.37. The van der Waals surface area contributed by atoms with E-state index in [2.05, 4.69) is 4.99 Å². The first-order valence-electron chi connectivity index (χ1n) is 2.44. The molecular formula is C6H6NNaS. The SMILES string of the molecule is [Na+].[S-]C1=NCC=CC=C1. The number of hydrogen-bond acceptors (Lipinski definition) is 2. The van der Waals surface area contributed by atoms with Gasteiger partial charge in [0.1, 0.15) is 0 Å². The maximum absolute atomic E-state index is 4.80. The van der Waals surface area contributed by atoms with E-state index in [-0.39, 0.29) is 29.6 Å². The van der Waals surface area contributed by atoms with Gasteiger partial charge in [-0.1, -0.05) is 29.3 Å². The van der Waals surface area contributed by atoms with E-state index in [9.17, 15) is 0 Å². The Hall–Kier alpha value is 0.370. The molecule has 0 fully saturated rings. The molecule has 1 rings (SSSR count). The fraction of sp³-hybridized carbons (Fsp3) is 0.167. The van der Waals surface area contributed by atoms with Gasteiger partial charge in [0.25, 0.3) is 0 Å². The molecule has 0 spiro atoms. The molecule has 0 saturated carbocycles. The molecule has 3 heteroatoms. The Morgan fingerprint density at radius 3 is 3.00 bits per heavy atom. The molecule has 1 aliphatic rings. The Morgan fingerprint density at radius 2 is 2.22 bits per heavy atom. The summed E-state index contributed by atoms with van der Waals surface area (Å²) < 4.78 is 0. The van der Waals surface area contributed by atoms with Crippen LogP contribution in [0.2, 0.25) is 0 Å². The van der Waals surface area contributed by atoms with Crippen LogP contribution in [0.3, 0.4) is 0 Å². The third-order valence-electron chi connectivity index (χ3n) is 0.839. The molecule has 0 radical (unpaired) electrons. The van der Waals surface area contributed by atoms with Crippen molar-refractivity contribution in [2.24, 2.45) is 4.99 Å². The summed E-state index contributed by atoms with van der Waals surface area (Å²) in [5.41, 5.74) is 0. The van der Waals surface area contributed by atoms with Gasteiger partial charge in [0.15, 0.2) is 0 Å². The minimum Gasteiger partial charge on any atom is -0.761 e. The van der Waals surface area contributed by atoms with Crippen molar-refractivity contribution in [1.29, 1.82) is 0 Å². The zero-order chi connectivity index (χ0) is 5.82. The van der Waals surface area contributed by atoms with Crippen molar-refractivity contribution in [1.82, 2.24) is 0 Å². The van der Waals surface area contributed by atoms with Crippen LogP contribution in [-0.4, -0.2) is 11.6 Å². The maximum atomic E-state index is 4.80. The standard InChI is InChI=1S/C6H7NS.Na/c8-6-4-2-1-3-5-7-6;/h1-4H,5H2,(H,7,8);/q;+1/p-1. The molecule has 0 aromatic carbocycles. The molecule has 1 aliphatic heterocycles. The van der Waals surface area contributed by atoms with Crippen LogP contribution in [0, 0.1) is 0 Å². The third kappa shape index (κ3) is 3.87. The van der Waals surface area contributed by atoms with Crippen molar-refractivity contribution in [3.63, 3.8) is 0 Å². The molecule has 0 N–H and O–H groups in total. The zero-order valence-corrected chi connectivity index (χ0v) is 8.19. The topological polar surface area (TPSA) is 12.4 Å². The first-order chi connectivity index (χ1) is 3.89. The summed E-state index contributed by atoms with van der Waals surface area (Å²) in [7, 11) is 0. The van der Waals surface area contributed by atoms with Gasteiger partial charge in [0.05, 0.1) is 6.54 Å². The Balaban J connectivity index is 0.000000640. The van der Waals surface area contributed by atoms with E-state index < -0.39 is 0 Å². The summed E-state index contributed by atoms with van der Waals surface area (Å²) in [5, 5.41) is 0.690. The van der Waals surface area contributed by atoms with Crippen molar-refractivity contribution in [2.75, 3.05) is 6.54 Å². The second-order valence-electron chi connectivity index (χ2n) is 1.47. The molecule has 9 heavy (non-hydrogen) atoms. The smallest absolute Gasteiger partial charge is 0.761 e. The summed E-state index contributed by atoms with van der Waals surface area (Å²) in [6, 6.07) is 0. The monoisotopic (exact) mass is 147 g/mol. The van der Waals surface area contributed by atoms with Crippen LogP contribution in [0.5, 0.6) is 0 Å². The summed E-state index contributed by atoms with van der Waals surface area (Å²) >= 11 is 4.80.